The second kappa shape index (κ2) is 7.03. The Hall–Kier alpha value is -1.53. The summed E-state index contributed by atoms with van der Waals surface area (Å²) in [6.07, 6.45) is 4.26. The van der Waals surface area contributed by atoms with Gasteiger partial charge in [-0.2, -0.15) is 18.3 Å². The molecule has 0 fully saturated rings. The van der Waals surface area contributed by atoms with Crippen molar-refractivity contribution in [3.8, 4) is 0 Å². The number of aromatic nitrogens is 2. The average molecular weight is 264 g/mol. The number of halogens is 3. The number of nitrogens with zero attached hydrogens (tertiary/aromatic N) is 1. The van der Waals surface area contributed by atoms with Crippen molar-refractivity contribution < 1.29 is 22.7 Å². The number of rotatable bonds is 2. The molecule has 7 heteroatoms. The molecule has 0 bridgehead atoms. The summed E-state index contributed by atoms with van der Waals surface area (Å²) < 4.78 is 33.9. The third-order valence-corrected chi connectivity index (χ3v) is 2.53. The molecule has 0 amide bonds. The molecule has 1 aliphatic rings. The largest absolute Gasteiger partial charge is 0.461 e. The Labute approximate surface area is 103 Å². The summed E-state index contributed by atoms with van der Waals surface area (Å²) in [6.45, 7) is -1.46. The fourth-order valence-electron chi connectivity index (χ4n) is 1.85. The van der Waals surface area contributed by atoms with Gasteiger partial charge in [0.15, 0.2) is 5.69 Å². The fraction of sp³-hybridized carbons (Fsp3) is 0.636. The van der Waals surface area contributed by atoms with E-state index in [4.69, 9.17) is 4.74 Å². The molecule has 1 N–H and O–H groups in total. The maximum Gasteiger partial charge on any atom is 0.379 e. The lowest BCUT2D eigenvalue weighted by Crippen LogP contribution is -2.10. The number of ether oxygens (including phenoxy) is 1. The van der Waals surface area contributed by atoms with Crippen molar-refractivity contribution in [2.75, 3.05) is 6.61 Å². The molecule has 18 heavy (non-hydrogen) atoms. The SMILES string of the molecule is CCOC(=O)c1n[nH]c2c1CCCC2.FC(F)F. The number of alkyl halides is 3. The standard InChI is InChI=1S/C10H14N2O2.CHF3/c1-2-14-10(13)9-7-5-3-4-6-8(7)11-12-9;2-1(3)4/h2-6H2,1H3,(H,11,12);1H. The Morgan fingerprint density at radius 1 is 1.39 bits per heavy atom. The third kappa shape index (κ3) is 4.05. The fourth-order valence-corrected chi connectivity index (χ4v) is 1.85. The normalized spacial score (nSPS) is 13.6. The van der Waals surface area contributed by atoms with Crippen molar-refractivity contribution in [3.63, 3.8) is 0 Å². The minimum absolute atomic E-state index is 0.299. The summed E-state index contributed by atoms with van der Waals surface area (Å²) in [7, 11) is 0. The molecule has 4 nitrogen and oxygen atoms in total. The first-order chi connectivity index (χ1) is 8.56. The highest BCUT2D eigenvalue weighted by Gasteiger charge is 2.22. The van der Waals surface area contributed by atoms with E-state index in [1.54, 1.807) is 6.92 Å². The summed E-state index contributed by atoms with van der Waals surface area (Å²) in [5.41, 5.74) is 2.66. The van der Waals surface area contributed by atoms with E-state index in [0.717, 1.165) is 30.5 Å². The number of aryl methyl sites for hydroxylation is 1. The first-order valence-corrected chi connectivity index (χ1v) is 5.71. The molecule has 2 rings (SSSR count). The van der Waals surface area contributed by atoms with Crippen LogP contribution in [-0.4, -0.2) is 29.5 Å². The van der Waals surface area contributed by atoms with E-state index < -0.39 is 6.68 Å². The molecule has 0 saturated carbocycles. The van der Waals surface area contributed by atoms with E-state index in [1.807, 2.05) is 0 Å². The van der Waals surface area contributed by atoms with Gasteiger partial charge in [0, 0.05) is 11.3 Å². The Morgan fingerprint density at radius 2 is 2.00 bits per heavy atom. The van der Waals surface area contributed by atoms with Crippen molar-refractivity contribution in [1.82, 2.24) is 10.2 Å². The van der Waals surface area contributed by atoms with Crippen molar-refractivity contribution in [2.24, 2.45) is 0 Å². The molecule has 0 saturated heterocycles. The zero-order chi connectivity index (χ0) is 13.5. The van der Waals surface area contributed by atoms with E-state index in [2.05, 4.69) is 10.2 Å². The predicted octanol–water partition coefficient (Wildman–Crippen LogP) is 2.64. The van der Waals surface area contributed by atoms with Gasteiger partial charge in [0.2, 0.25) is 0 Å². The molecule has 0 unspecified atom stereocenters. The van der Waals surface area contributed by atoms with Gasteiger partial charge in [-0.1, -0.05) is 0 Å². The summed E-state index contributed by atoms with van der Waals surface area (Å²) >= 11 is 0. The maximum atomic E-state index is 11.5. The van der Waals surface area contributed by atoms with Crippen LogP contribution < -0.4 is 0 Å². The van der Waals surface area contributed by atoms with Crippen molar-refractivity contribution in [3.05, 3.63) is 17.0 Å². The van der Waals surface area contributed by atoms with Crippen LogP contribution in [0.2, 0.25) is 0 Å². The molecule has 1 aliphatic carbocycles. The Bertz CT molecular complexity index is 391. The van der Waals surface area contributed by atoms with Crippen LogP contribution in [0.3, 0.4) is 0 Å². The number of hydrogen-bond acceptors (Lipinski definition) is 3. The highest BCUT2D eigenvalue weighted by atomic mass is 19.4. The number of H-pyrrole nitrogens is 1. The summed E-state index contributed by atoms with van der Waals surface area (Å²) in [5, 5.41) is 6.93. The molecule has 0 aliphatic heterocycles. The van der Waals surface area contributed by atoms with Gasteiger partial charge in [-0.3, -0.25) is 5.10 Å². The highest BCUT2D eigenvalue weighted by molar-refractivity contribution is 5.89. The molecule has 0 radical (unpaired) electrons. The maximum absolute atomic E-state index is 11.5. The molecule has 0 atom stereocenters. The van der Waals surface area contributed by atoms with Crippen molar-refractivity contribution in [2.45, 2.75) is 39.3 Å². The van der Waals surface area contributed by atoms with Crippen LogP contribution in [0, 0.1) is 0 Å². The van der Waals surface area contributed by atoms with Crippen LogP contribution in [0.25, 0.3) is 0 Å². The van der Waals surface area contributed by atoms with E-state index in [0.29, 0.717) is 12.3 Å². The van der Waals surface area contributed by atoms with Gasteiger partial charge in [-0.15, -0.1) is 0 Å². The van der Waals surface area contributed by atoms with Gasteiger partial charge < -0.3 is 4.74 Å². The number of esters is 1. The molecule has 0 aromatic carbocycles. The first-order valence-electron chi connectivity index (χ1n) is 5.71. The third-order valence-electron chi connectivity index (χ3n) is 2.53. The lowest BCUT2D eigenvalue weighted by atomic mass is 9.96. The summed E-state index contributed by atoms with van der Waals surface area (Å²) in [5.74, 6) is -0.299. The van der Waals surface area contributed by atoms with Gasteiger partial charge in [-0.25, -0.2) is 4.79 Å². The van der Waals surface area contributed by atoms with Gasteiger partial charge in [0.1, 0.15) is 0 Å². The number of carbonyl (C=O) groups excluding carboxylic acids is 1. The Kier molecular flexibility index (Phi) is 5.67. The van der Waals surface area contributed by atoms with Gasteiger partial charge in [0.25, 0.3) is 0 Å². The van der Waals surface area contributed by atoms with Gasteiger partial charge in [-0.05, 0) is 32.6 Å². The molecule has 1 aromatic heterocycles. The lowest BCUT2D eigenvalue weighted by Gasteiger charge is -2.10. The minimum atomic E-state index is -3.67. The smallest absolute Gasteiger partial charge is 0.379 e. The lowest BCUT2D eigenvalue weighted by molar-refractivity contribution is 0.00817. The molecule has 1 aromatic rings. The van der Waals surface area contributed by atoms with Crippen molar-refractivity contribution in [1.29, 1.82) is 0 Å². The second-order valence-corrected chi connectivity index (χ2v) is 3.70. The van der Waals surface area contributed by atoms with Gasteiger partial charge >= 0.3 is 12.6 Å². The van der Waals surface area contributed by atoms with Crippen LogP contribution in [0.1, 0.15) is 41.5 Å². The molecule has 1 heterocycles. The van der Waals surface area contributed by atoms with E-state index in [-0.39, 0.29) is 5.97 Å². The zero-order valence-corrected chi connectivity index (χ0v) is 10.0. The quantitative estimate of drug-likeness (QED) is 0.835. The molecular weight excluding hydrogens is 249 g/mol. The summed E-state index contributed by atoms with van der Waals surface area (Å²) in [4.78, 5) is 11.5. The van der Waals surface area contributed by atoms with Crippen LogP contribution in [-0.2, 0) is 17.6 Å². The number of hydrogen-bond donors (Lipinski definition) is 1. The Morgan fingerprint density at radius 3 is 2.61 bits per heavy atom. The zero-order valence-electron chi connectivity index (χ0n) is 10.0. The number of carbonyl (C=O) groups is 1. The van der Waals surface area contributed by atoms with E-state index in [9.17, 15) is 18.0 Å². The van der Waals surface area contributed by atoms with Gasteiger partial charge in [0.05, 0.1) is 6.61 Å². The average Bonchev–Trinajstić information content (AvgIpc) is 2.72. The van der Waals surface area contributed by atoms with Crippen LogP contribution in [0.4, 0.5) is 13.2 Å². The topological polar surface area (TPSA) is 55.0 Å². The summed E-state index contributed by atoms with van der Waals surface area (Å²) in [6, 6.07) is 0. The minimum Gasteiger partial charge on any atom is -0.461 e. The van der Waals surface area contributed by atoms with E-state index in [1.165, 1.54) is 6.42 Å². The van der Waals surface area contributed by atoms with Crippen LogP contribution in [0.5, 0.6) is 0 Å². The number of fused-ring (bicyclic) bond motifs is 1. The predicted molar refractivity (Wildman–Crippen MR) is 58.3 cm³/mol. The Balaban J connectivity index is 0.000000357. The molecule has 0 spiro atoms. The second-order valence-electron chi connectivity index (χ2n) is 3.70. The monoisotopic (exact) mass is 264 g/mol. The van der Waals surface area contributed by atoms with Crippen molar-refractivity contribution >= 4 is 5.97 Å². The number of aromatic amines is 1. The molecular formula is C11H15F3N2O2. The number of nitrogens with one attached hydrogen (secondary N) is 1. The molecule has 102 valence electrons. The van der Waals surface area contributed by atoms with Crippen LogP contribution >= 0.6 is 0 Å². The highest BCUT2D eigenvalue weighted by Crippen LogP contribution is 2.22. The van der Waals surface area contributed by atoms with Crippen LogP contribution in [0.15, 0.2) is 0 Å². The first kappa shape index (κ1) is 14.5. The van der Waals surface area contributed by atoms with E-state index >= 15 is 0 Å².